The third-order valence-corrected chi connectivity index (χ3v) is 5.44. The van der Waals surface area contributed by atoms with E-state index in [0.717, 1.165) is 43.7 Å². The minimum absolute atomic E-state index is 0.236. The van der Waals surface area contributed by atoms with Crippen molar-refractivity contribution < 1.29 is 4.79 Å². The second kappa shape index (κ2) is 7.43. The Hall–Kier alpha value is -2.44. The van der Waals surface area contributed by atoms with Gasteiger partial charge in [0.1, 0.15) is 0 Å². The molecule has 4 rings (SSSR count). The highest BCUT2D eigenvalue weighted by Gasteiger charge is 2.34. The number of nitrogens with zero attached hydrogens (tertiary/aromatic N) is 5. The molecule has 2 fully saturated rings. The van der Waals surface area contributed by atoms with Crippen molar-refractivity contribution in [2.24, 2.45) is 5.92 Å². The lowest BCUT2D eigenvalue weighted by Gasteiger charge is -2.27. The van der Waals surface area contributed by atoms with E-state index >= 15 is 0 Å². The zero-order valence-corrected chi connectivity index (χ0v) is 15.3. The van der Waals surface area contributed by atoms with Gasteiger partial charge in [-0.05, 0) is 38.7 Å². The first-order valence-electron chi connectivity index (χ1n) is 9.61. The lowest BCUT2D eigenvalue weighted by atomic mass is 10.1. The molecule has 1 aliphatic heterocycles. The van der Waals surface area contributed by atoms with Gasteiger partial charge in [-0.2, -0.15) is 10.1 Å². The summed E-state index contributed by atoms with van der Waals surface area (Å²) in [6, 6.07) is 4.01. The Balaban J connectivity index is 1.42. The van der Waals surface area contributed by atoms with Gasteiger partial charge >= 0.3 is 0 Å². The first kappa shape index (κ1) is 17.0. The number of carbonyl (C=O) groups is 1. The van der Waals surface area contributed by atoms with Crippen molar-refractivity contribution in [2.45, 2.75) is 51.5 Å². The van der Waals surface area contributed by atoms with Gasteiger partial charge in [-0.25, -0.2) is 9.67 Å². The Morgan fingerprint density at radius 1 is 1.23 bits per heavy atom. The van der Waals surface area contributed by atoms with Crippen molar-refractivity contribution in [2.75, 3.05) is 18.4 Å². The number of anilines is 1. The summed E-state index contributed by atoms with van der Waals surface area (Å²) in [5.74, 6) is 1.94. The smallest absolute Gasteiger partial charge is 0.225 e. The Morgan fingerprint density at radius 3 is 2.85 bits per heavy atom. The van der Waals surface area contributed by atoms with E-state index in [9.17, 15) is 4.79 Å². The van der Waals surface area contributed by atoms with Gasteiger partial charge in [0.25, 0.3) is 0 Å². The maximum absolute atomic E-state index is 12.8. The second-order valence-corrected chi connectivity index (χ2v) is 7.33. The largest absolute Gasteiger partial charge is 0.352 e. The number of rotatable bonds is 5. The van der Waals surface area contributed by atoms with E-state index in [-0.39, 0.29) is 12.0 Å². The number of aromatic nitrogens is 4. The lowest BCUT2D eigenvalue weighted by Crippen LogP contribution is -2.42. The quantitative estimate of drug-likeness (QED) is 0.893. The van der Waals surface area contributed by atoms with Crippen LogP contribution in [0, 0.1) is 12.8 Å². The average molecular weight is 354 g/mol. The molecule has 7 heteroatoms. The monoisotopic (exact) mass is 354 g/mol. The lowest BCUT2D eigenvalue weighted by molar-refractivity contribution is -0.135. The predicted molar refractivity (Wildman–Crippen MR) is 99.1 cm³/mol. The standard InChI is InChI=1S/C19H26N6O/c1-14-12-17(25-11-5-9-21-25)23-19(22-14)20-13-16-8-4-10-24(16)18(26)15-6-2-3-7-15/h5,9,11-12,15-16H,2-4,6-8,10,13H2,1H3,(H,20,22,23). The van der Waals surface area contributed by atoms with Crippen LogP contribution in [0.2, 0.25) is 0 Å². The van der Waals surface area contributed by atoms with Gasteiger partial charge in [0.2, 0.25) is 11.9 Å². The molecule has 138 valence electrons. The molecule has 1 aliphatic carbocycles. The summed E-state index contributed by atoms with van der Waals surface area (Å²) in [5, 5.41) is 7.58. The highest BCUT2D eigenvalue weighted by molar-refractivity contribution is 5.79. The van der Waals surface area contributed by atoms with Gasteiger partial charge in [-0.1, -0.05) is 12.8 Å². The van der Waals surface area contributed by atoms with Crippen LogP contribution < -0.4 is 5.32 Å². The summed E-state index contributed by atoms with van der Waals surface area (Å²) < 4.78 is 1.73. The molecule has 0 spiro atoms. The fraction of sp³-hybridized carbons (Fsp3) is 0.579. The van der Waals surface area contributed by atoms with Crippen LogP contribution in [0.3, 0.4) is 0 Å². The molecule has 0 bridgehead atoms. The summed E-state index contributed by atoms with van der Waals surface area (Å²) >= 11 is 0. The predicted octanol–water partition coefficient (Wildman–Crippen LogP) is 2.56. The van der Waals surface area contributed by atoms with Crippen LogP contribution in [-0.2, 0) is 4.79 Å². The first-order valence-corrected chi connectivity index (χ1v) is 9.61. The van der Waals surface area contributed by atoms with Crippen LogP contribution in [0.5, 0.6) is 0 Å². The van der Waals surface area contributed by atoms with Gasteiger partial charge in [0.15, 0.2) is 5.82 Å². The van der Waals surface area contributed by atoms with Crippen molar-refractivity contribution in [3.05, 3.63) is 30.2 Å². The van der Waals surface area contributed by atoms with E-state index in [1.807, 2.05) is 25.3 Å². The van der Waals surface area contributed by atoms with Gasteiger partial charge in [0.05, 0.1) is 0 Å². The minimum atomic E-state index is 0.236. The van der Waals surface area contributed by atoms with E-state index < -0.39 is 0 Å². The van der Waals surface area contributed by atoms with Crippen LogP contribution in [0.4, 0.5) is 5.95 Å². The molecule has 3 heterocycles. The van der Waals surface area contributed by atoms with Crippen LogP contribution in [-0.4, -0.2) is 49.7 Å². The first-order chi connectivity index (χ1) is 12.7. The number of hydrogen-bond acceptors (Lipinski definition) is 5. The van der Waals surface area contributed by atoms with E-state index in [1.54, 1.807) is 10.9 Å². The molecule has 1 N–H and O–H groups in total. The Morgan fingerprint density at radius 2 is 2.08 bits per heavy atom. The van der Waals surface area contributed by atoms with Crippen molar-refractivity contribution in [3.63, 3.8) is 0 Å². The topological polar surface area (TPSA) is 75.9 Å². The summed E-state index contributed by atoms with van der Waals surface area (Å²) in [4.78, 5) is 23.9. The summed E-state index contributed by atoms with van der Waals surface area (Å²) in [5.41, 5.74) is 0.887. The molecule has 2 aliphatic rings. The summed E-state index contributed by atoms with van der Waals surface area (Å²) in [6.45, 7) is 3.53. The molecular formula is C19H26N6O. The van der Waals surface area contributed by atoms with Crippen LogP contribution in [0.25, 0.3) is 5.82 Å². The van der Waals surface area contributed by atoms with E-state index in [2.05, 4.69) is 25.3 Å². The van der Waals surface area contributed by atoms with Gasteiger partial charge in [0, 0.05) is 49.2 Å². The van der Waals surface area contributed by atoms with Crippen molar-refractivity contribution in [3.8, 4) is 5.82 Å². The number of likely N-dealkylation sites (tertiary alicyclic amines) is 1. The Bertz CT molecular complexity index is 753. The maximum atomic E-state index is 12.8. The molecule has 1 saturated carbocycles. The number of carbonyl (C=O) groups excluding carboxylic acids is 1. The fourth-order valence-corrected chi connectivity index (χ4v) is 4.11. The van der Waals surface area contributed by atoms with Gasteiger partial charge in [-0.15, -0.1) is 0 Å². The zero-order valence-electron chi connectivity index (χ0n) is 15.3. The van der Waals surface area contributed by atoms with Gasteiger partial charge in [-0.3, -0.25) is 4.79 Å². The van der Waals surface area contributed by atoms with Crippen LogP contribution in [0.15, 0.2) is 24.5 Å². The Labute approximate surface area is 153 Å². The van der Waals surface area contributed by atoms with E-state index in [0.29, 0.717) is 18.4 Å². The normalized spacial score (nSPS) is 20.7. The molecule has 2 aromatic heterocycles. The zero-order chi connectivity index (χ0) is 17.9. The van der Waals surface area contributed by atoms with Crippen molar-refractivity contribution in [1.29, 1.82) is 0 Å². The van der Waals surface area contributed by atoms with Crippen molar-refractivity contribution >= 4 is 11.9 Å². The molecule has 7 nitrogen and oxygen atoms in total. The van der Waals surface area contributed by atoms with E-state index in [4.69, 9.17) is 0 Å². The SMILES string of the molecule is Cc1cc(-n2cccn2)nc(NCC2CCCN2C(=O)C2CCCC2)n1. The van der Waals surface area contributed by atoms with Gasteiger partial charge < -0.3 is 10.2 Å². The Kier molecular flexibility index (Phi) is 4.86. The summed E-state index contributed by atoms with van der Waals surface area (Å²) in [6.07, 6.45) is 10.2. The highest BCUT2D eigenvalue weighted by Crippen LogP contribution is 2.29. The fourth-order valence-electron chi connectivity index (χ4n) is 4.11. The maximum Gasteiger partial charge on any atom is 0.225 e. The van der Waals surface area contributed by atoms with Crippen LogP contribution >= 0.6 is 0 Å². The molecule has 26 heavy (non-hydrogen) atoms. The third kappa shape index (κ3) is 3.57. The molecule has 1 amide bonds. The minimum Gasteiger partial charge on any atom is -0.352 e. The molecular weight excluding hydrogens is 328 g/mol. The number of aryl methyl sites for hydroxylation is 1. The second-order valence-electron chi connectivity index (χ2n) is 7.33. The average Bonchev–Trinajstić information content (AvgIpc) is 3.41. The van der Waals surface area contributed by atoms with E-state index in [1.165, 1.54) is 12.8 Å². The molecule has 0 aromatic carbocycles. The highest BCUT2D eigenvalue weighted by atomic mass is 16.2. The number of nitrogens with one attached hydrogen (secondary N) is 1. The number of hydrogen-bond donors (Lipinski definition) is 1. The van der Waals surface area contributed by atoms with Crippen LogP contribution in [0.1, 0.15) is 44.2 Å². The molecule has 1 saturated heterocycles. The van der Waals surface area contributed by atoms with Crippen molar-refractivity contribution in [1.82, 2.24) is 24.6 Å². The molecule has 0 radical (unpaired) electrons. The molecule has 2 aromatic rings. The summed E-state index contributed by atoms with van der Waals surface area (Å²) in [7, 11) is 0. The third-order valence-electron chi connectivity index (χ3n) is 5.44. The molecule has 1 unspecified atom stereocenters. The molecule has 1 atom stereocenters. The number of amides is 1.